The first-order valence-electron chi connectivity index (χ1n) is 5.37. The Labute approximate surface area is 81.6 Å². The van der Waals surface area contributed by atoms with Crippen molar-refractivity contribution in [3.05, 3.63) is 11.1 Å². The monoisotopic (exact) mass is 179 g/mol. The van der Waals surface area contributed by atoms with E-state index >= 15 is 0 Å². The Bertz CT molecular complexity index is 232. The van der Waals surface area contributed by atoms with E-state index in [-0.39, 0.29) is 0 Å². The molecule has 0 radical (unpaired) electrons. The van der Waals surface area contributed by atoms with Crippen molar-refractivity contribution in [1.29, 1.82) is 0 Å². The lowest BCUT2D eigenvalue weighted by Gasteiger charge is -2.26. The van der Waals surface area contributed by atoms with Crippen LogP contribution in [-0.4, -0.2) is 13.1 Å². The van der Waals surface area contributed by atoms with Crippen molar-refractivity contribution in [2.45, 2.75) is 40.5 Å². The summed E-state index contributed by atoms with van der Waals surface area (Å²) in [6.45, 7) is 11.9. The molecule has 0 fully saturated rings. The van der Waals surface area contributed by atoms with Gasteiger partial charge in [-0.2, -0.15) is 0 Å². The molecular weight excluding hydrogens is 158 g/mol. The Hall–Kier alpha value is -0.300. The van der Waals surface area contributed by atoms with E-state index in [1.54, 1.807) is 11.1 Å². The standard InChI is InChI=1S/C12H21N/c1-11(2)8-12(3,4)10-7-13-6-5-9(10)11/h13H,5-8H2,1-4H3. The predicted molar refractivity (Wildman–Crippen MR) is 56.7 cm³/mol. The number of rotatable bonds is 0. The van der Waals surface area contributed by atoms with Gasteiger partial charge in [-0.25, -0.2) is 0 Å². The Morgan fingerprint density at radius 2 is 1.62 bits per heavy atom. The minimum atomic E-state index is 0.437. The zero-order valence-electron chi connectivity index (χ0n) is 9.33. The number of hydrogen-bond acceptors (Lipinski definition) is 1. The molecule has 2 rings (SSSR count). The summed E-state index contributed by atoms with van der Waals surface area (Å²) in [5, 5.41) is 3.49. The average molecular weight is 179 g/mol. The molecule has 1 heterocycles. The fraction of sp³-hybridized carbons (Fsp3) is 0.833. The zero-order valence-corrected chi connectivity index (χ0v) is 9.33. The average Bonchev–Trinajstić information content (AvgIpc) is 2.20. The normalized spacial score (nSPS) is 30.5. The quantitative estimate of drug-likeness (QED) is 0.564. The summed E-state index contributed by atoms with van der Waals surface area (Å²) in [5.74, 6) is 0. The van der Waals surface area contributed by atoms with E-state index in [4.69, 9.17) is 0 Å². The van der Waals surface area contributed by atoms with Gasteiger partial charge in [-0.1, -0.05) is 38.8 Å². The van der Waals surface area contributed by atoms with Gasteiger partial charge in [0.15, 0.2) is 0 Å². The van der Waals surface area contributed by atoms with Gasteiger partial charge in [0.05, 0.1) is 0 Å². The van der Waals surface area contributed by atoms with Crippen LogP contribution < -0.4 is 5.32 Å². The summed E-state index contributed by atoms with van der Waals surface area (Å²) in [5.41, 5.74) is 4.34. The summed E-state index contributed by atoms with van der Waals surface area (Å²) in [7, 11) is 0. The Morgan fingerprint density at radius 1 is 1.00 bits per heavy atom. The highest BCUT2D eigenvalue weighted by Gasteiger charge is 2.43. The third-order valence-electron chi connectivity index (χ3n) is 3.74. The van der Waals surface area contributed by atoms with Crippen molar-refractivity contribution in [2.75, 3.05) is 13.1 Å². The molecule has 0 aromatic rings. The van der Waals surface area contributed by atoms with Gasteiger partial charge in [0.25, 0.3) is 0 Å². The van der Waals surface area contributed by atoms with Gasteiger partial charge in [0.1, 0.15) is 0 Å². The van der Waals surface area contributed by atoms with Crippen molar-refractivity contribution in [3.63, 3.8) is 0 Å². The van der Waals surface area contributed by atoms with Crippen LogP contribution in [0.15, 0.2) is 11.1 Å². The minimum absolute atomic E-state index is 0.437. The Morgan fingerprint density at radius 3 is 2.23 bits per heavy atom. The molecule has 0 aromatic heterocycles. The predicted octanol–water partition coefficient (Wildman–Crippen LogP) is 2.73. The summed E-state index contributed by atoms with van der Waals surface area (Å²) < 4.78 is 0. The molecule has 74 valence electrons. The Balaban J connectivity index is 2.43. The van der Waals surface area contributed by atoms with Crippen LogP contribution >= 0.6 is 0 Å². The highest BCUT2D eigenvalue weighted by atomic mass is 14.9. The highest BCUT2D eigenvalue weighted by molar-refractivity contribution is 5.35. The maximum absolute atomic E-state index is 3.49. The van der Waals surface area contributed by atoms with Crippen molar-refractivity contribution < 1.29 is 0 Å². The molecule has 1 nitrogen and oxygen atoms in total. The summed E-state index contributed by atoms with van der Waals surface area (Å²) >= 11 is 0. The van der Waals surface area contributed by atoms with Crippen molar-refractivity contribution in [2.24, 2.45) is 10.8 Å². The van der Waals surface area contributed by atoms with E-state index in [2.05, 4.69) is 33.0 Å². The van der Waals surface area contributed by atoms with Crippen LogP contribution in [0.3, 0.4) is 0 Å². The molecule has 2 aliphatic rings. The van der Waals surface area contributed by atoms with Crippen LogP contribution in [0.5, 0.6) is 0 Å². The molecule has 1 heteroatoms. The molecule has 0 unspecified atom stereocenters. The first kappa shape index (κ1) is 9.26. The lowest BCUT2D eigenvalue weighted by Crippen LogP contribution is -2.28. The molecule has 0 amide bonds. The van der Waals surface area contributed by atoms with Crippen molar-refractivity contribution >= 4 is 0 Å². The van der Waals surface area contributed by atoms with E-state index in [0.717, 1.165) is 6.54 Å². The second-order valence-corrected chi connectivity index (χ2v) is 5.83. The molecule has 0 bridgehead atoms. The van der Waals surface area contributed by atoms with Crippen LogP contribution in [-0.2, 0) is 0 Å². The summed E-state index contributed by atoms with van der Waals surface area (Å²) in [6, 6.07) is 0. The van der Waals surface area contributed by atoms with Crippen molar-refractivity contribution in [3.8, 4) is 0 Å². The fourth-order valence-corrected chi connectivity index (χ4v) is 3.40. The highest BCUT2D eigenvalue weighted by Crippen LogP contribution is 2.54. The van der Waals surface area contributed by atoms with Gasteiger partial charge >= 0.3 is 0 Å². The van der Waals surface area contributed by atoms with Gasteiger partial charge in [-0.15, -0.1) is 0 Å². The lowest BCUT2D eigenvalue weighted by atomic mass is 9.79. The number of nitrogens with one attached hydrogen (secondary N) is 1. The maximum atomic E-state index is 3.49. The molecule has 0 saturated heterocycles. The molecule has 13 heavy (non-hydrogen) atoms. The van der Waals surface area contributed by atoms with E-state index in [0.29, 0.717) is 10.8 Å². The van der Waals surface area contributed by atoms with Gasteiger partial charge in [-0.05, 0) is 30.2 Å². The Kier molecular flexibility index (Phi) is 1.85. The molecule has 0 aromatic carbocycles. The molecule has 0 atom stereocenters. The topological polar surface area (TPSA) is 12.0 Å². The van der Waals surface area contributed by atoms with E-state index in [1.165, 1.54) is 19.4 Å². The van der Waals surface area contributed by atoms with Gasteiger partial charge < -0.3 is 5.32 Å². The molecule has 0 saturated carbocycles. The summed E-state index contributed by atoms with van der Waals surface area (Å²) in [6.07, 6.45) is 2.60. The molecular formula is C12H21N. The van der Waals surface area contributed by atoms with Crippen LogP contribution in [0.4, 0.5) is 0 Å². The van der Waals surface area contributed by atoms with Crippen LogP contribution in [0.2, 0.25) is 0 Å². The molecule has 1 N–H and O–H groups in total. The van der Waals surface area contributed by atoms with Gasteiger partial charge in [-0.3, -0.25) is 0 Å². The van der Waals surface area contributed by atoms with Crippen LogP contribution in [0.1, 0.15) is 40.5 Å². The van der Waals surface area contributed by atoms with E-state index in [9.17, 15) is 0 Å². The van der Waals surface area contributed by atoms with E-state index < -0.39 is 0 Å². The van der Waals surface area contributed by atoms with E-state index in [1.807, 2.05) is 0 Å². The fourth-order valence-electron chi connectivity index (χ4n) is 3.40. The third kappa shape index (κ3) is 1.34. The zero-order chi connectivity index (χ0) is 9.69. The largest absolute Gasteiger partial charge is 0.313 e. The van der Waals surface area contributed by atoms with Gasteiger partial charge in [0, 0.05) is 6.54 Å². The second-order valence-electron chi connectivity index (χ2n) is 5.83. The molecule has 1 aliphatic carbocycles. The van der Waals surface area contributed by atoms with Crippen LogP contribution in [0.25, 0.3) is 0 Å². The minimum Gasteiger partial charge on any atom is -0.313 e. The molecule has 0 spiro atoms. The first-order valence-corrected chi connectivity index (χ1v) is 5.37. The van der Waals surface area contributed by atoms with Crippen molar-refractivity contribution in [1.82, 2.24) is 5.32 Å². The maximum Gasteiger partial charge on any atom is 0.0173 e. The number of hydrogen-bond donors (Lipinski definition) is 1. The van der Waals surface area contributed by atoms with Crippen LogP contribution in [0, 0.1) is 10.8 Å². The lowest BCUT2D eigenvalue weighted by molar-refractivity contribution is 0.314. The third-order valence-corrected chi connectivity index (χ3v) is 3.74. The summed E-state index contributed by atoms with van der Waals surface area (Å²) in [4.78, 5) is 0. The SMILES string of the molecule is CC1(C)CC(C)(C)C2=C1CCNC2. The second kappa shape index (κ2) is 2.60. The van der Waals surface area contributed by atoms with Gasteiger partial charge in [0.2, 0.25) is 0 Å². The molecule has 1 aliphatic heterocycles. The first-order chi connectivity index (χ1) is 5.93. The smallest absolute Gasteiger partial charge is 0.0173 e.